The molecule has 0 aliphatic heterocycles. The van der Waals surface area contributed by atoms with Gasteiger partial charge in [0.15, 0.2) is 0 Å². The normalized spacial score (nSPS) is 9.85. The zero-order chi connectivity index (χ0) is 9.10. The molecule has 13 heavy (non-hydrogen) atoms. The summed E-state index contributed by atoms with van der Waals surface area (Å²) in [5.41, 5.74) is 7.77. The largest absolute Gasteiger partial charge is 0.383 e. The number of nitrogen functional groups attached to an aromatic ring is 1. The molecule has 1 aromatic carbocycles. The summed E-state index contributed by atoms with van der Waals surface area (Å²) < 4.78 is 0. The Labute approximate surface area is 77.0 Å². The molecule has 2 rings (SSSR count). The van der Waals surface area contributed by atoms with Gasteiger partial charge in [0.05, 0.1) is 0 Å². The van der Waals surface area contributed by atoms with E-state index in [9.17, 15) is 0 Å². The van der Waals surface area contributed by atoms with E-state index in [0.717, 1.165) is 11.1 Å². The first-order valence-electron chi connectivity index (χ1n) is 4.05. The minimum Gasteiger partial charge on any atom is -0.383 e. The van der Waals surface area contributed by atoms with Crippen molar-refractivity contribution in [1.29, 1.82) is 0 Å². The molecule has 63 valence electrons. The molecule has 0 fully saturated rings. The van der Waals surface area contributed by atoms with E-state index in [2.05, 4.69) is 11.1 Å². The predicted octanol–water partition coefficient (Wildman–Crippen LogP) is 2.13. The topological polar surface area (TPSA) is 38.9 Å². The highest BCUT2D eigenvalue weighted by Crippen LogP contribution is 2.22. The molecule has 0 aliphatic carbocycles. The third-order valence-electron chi connectivity index (χ3n) is 1.87. The average molecular weight is 169 g/mol. The van der Waals surface area contributed by atoms with Gasteiger partial charge in [-0.3, -0.25) is 0 Å². The van der Waals surface area contributed by atoms with Gasteiger partial charge in [0, 0.05) is 11.8 Å². The monoisotopic (exact) mass is 169 g/mol. The second-order valence-electron chi connectivity index (χ2n) is 2.72. The fraction of sp³-hybridized carbons (Fsp3) is 0. The van der Waals surface area contributed by atoms with Crippen LogP contribution in [-0.2, 0) is 0 Å². The van der Waals surface area contributed by atoms with Crippen LogP contribution < -0.4 is 5.73 Å². The summed E-state index contributed by atoms with van der Waals surface area (Å²) in [6, 6.07) is 14.5. The van der Waals surface area contributed by atoms with Crippen molar-refractivity contribution < 1.29 is 0 Å². The SMILES string of the molecule is Nc1ncccc1-c1cc[c]cc1. The van der Waals surface area contributed by atoms with Crippen molar-refractivity contribution in [3.63, 3.8) is 0 Å². The van der Waals surface area contributed by atoms with Gasteiger partial charge in [-0.1, -0.05) is 24.3 Å². The van der Waals surface area contributed by atoms with Gasteiger partial charge in [0.1, 0.15) is 5.82 Å². The van der Waals surface area contributed by atoms with Crippen molar-refractivity contribution in [2.75, 3.05) is 5.73 Å². The van der Waals surface area contributed by atoms with E-state index in [1.807, 2.05) is 36.4 Å². The van der Waals surface area contributed by atoms with Gasteiger partial charge in [-0.15, -0.1) is 0 Å². The molecule has 0 unspecified atom stereocenters. The highest BCUT2D eigenvalue weighted by Gasteiger charge is 2.00. The molecule has 0 bridgehead atoms. The Hall–Kier alpha value is -1.83. The molecule has 2 nitrogen and oxygen atoms in total. The summed E-state index contributed by atoms with van der Waals surface area (Å²) in [6.07, 6.45) is 1.69. The van der Waals surface area contributed by atoms with Crippen LogP contribution in [0.1, 0.15) is 0 Å². The van der Waals surface area contributed by atoms with Crippen LogP contribution in [0.2, 0.25) is 0 Å². The van der Waals surface area contributed by atoms with Crippen molar-refractivity contribution in [3.05, 3.63) is 48.7 Å². The Balaban J connectivity index is 2.54. The number of benzene rings is 1. The Morgan fingerprint density at radius 1 is 1.15 bits per heavy atom. The van der Waals surface area contributed by atoms with Gasteiger partial charge < -0.3 is 5.73 Å². The number of nitrogens with two attached hydrogens (primary N) is 1. The van der Waals surface area contributed by atoms with Crippen LogP contribution in [0, 0.1) is 6.07 Å². The minimum absolute atomic E-state index is 0.564. The number of anilines is 1. The predicted molar refractivity (Wildman–Crippen MR) is 52.9 cm³/mol. The van der Waals surface area contributed by atoms with Crippen LogP contribution in [-0.4, -0.2) is 4.98 Å². The lowest BCUT2D eigenvalue weighted by Gasteiger charge is -2.02. The van der Waals surface area contributed by atoms with Gasteiger partial charge >= 0.3 is 0 Å². The molecule has 1 aromatic heterocycles. The summed E-state index contributed by atoms with van der Waals surface area (Å²) in [5.74, 6) is 0.564. The van der Waals surface area contributed by atoms with Gasteiger partial charge in [-0.25, -0.2) is 4.98 Å². The highest BCUT2D eigenvalue weighted by molar-refractivity contribution is 5.73. The lowest BCUT2D eigenvalue weighted by Crippen LogP contribution is -1.92. The van der Waals surface area contributed by atoms with Crippen LogP contribution in [0.5, 0.6) is 0 Å². The molecule has 0 saturated carbocycles. The molecule has 2 aromatic rings. The number of pyridine rings is 1. The zero-order valence-corrected chi connectivity index (χ0v) is 7.07. The number of hydrogen-bond acceptors (Lipinski definition) is 2. The van der Waals surface area contributed by atoms with E-state index in [0.29, 0.717) is 5.82 Å². The zero-order valence-electron chi connectivity index (χ0n) is 7.07. The molecular formula is C11H9N2. The number of hydrogen-bond donors (Lipinski definition) is 1. The maximum atomic E-state index is 5.73. The molecule has 2 N–H and O–H groups in total. The highest BCUT2D eigenvalue weighted by atomic mass is 14.8. The third kappa shape index (κ3) is 1.51. The van der Waals surface area contributed by atoms with Crippen LogP contribution in [0.15, 0.2) is 42.6 Å². The molecule has 0 saturated heterocycles. The van der Waals surface area contributed by atoms with Gasteiger partial charge in [-0.2, -0.15) is 0 Å². The maximum absolute atomic E-state index is 5.73. The van der Waals surface area contributed by atoms with E-state index in [4.69, 9.17) is 5.73 Å². The lowest BCUT2D eigenvalue weighted by molar-refractivity contribution is 1.34. The summed E-state index contributed by atoms with van der Waals surface area (Å²) in [4.78, 5) is 4.02. The maximum Gasteiger partial charge on any atom is 0.131 e. The first-order chi connectivity index (χ1) is 6.38. The van der Waals surface area contributed by atoms with Crippen molar-refractivity contribution in [3.8, 4) is 11.1 Å². The molecule has 2 heteroatoms. The van der Waals surface area contributed by atoms with Crippen molar-refractivity contribution in [2.24, 2.45) is 0 Å². The van der Waals surface area contributed by atoms with Crippen molar-refractivity contribution in [2.45, 2.75) is 0 Å². The first kappa shape index (κ1) is 7.80. The molecule has 0 atom stereocenters. The van der Waals surface area contributed by atoms with Gasteiger partial charge in [-0.05, 0) is 23.8 Å². The second kappa shape index (κ2) is 3.27. The molecular weight excluding hydrogens is 160 g/mol. The molecule has 0 aliphatic rings. The first-order valence-corrected chi connectivity index (χ1v) is 4.05. The minimum atomic E-state index is 0.564. The van der Waals surface area contributed by atoms with Crippen LogP contribution in [0.4, 0.5) is 5.82 Å². The van der Waals surface area contributed by atoms with E-state index >= 15 is 0 Å². The van der Waals surface area contributed by atoms with Gasteiger partial charge in [0.25, 0.3) is 0 Å². The Morgan fingerprint density at radius 3 is 2.62 bits per heavy atom. The fourth-order valence-corrected chi connectivity index (χ4v) is 1.23. The van der Waals surface area contributed by atoms with Crippen molar-refractivity contribution >= 4 is 5.82 Å². The molecule has 0 amide bonds. The van der Waals surface area contributed by atoms with Gasteiger partial charge in [0.2, 0.25) is 0 Å². The summed E-state index contributed by atoms with van der Waals surface area (Å²) in [5, 5.41) is 0. The van der Waals surface area contributed by atoms with Crippen molar-refractivity contribution in [1.82, 2.24) is 4.98 Å². The summed E-state index contributed by atoms with van der Waals surface area (Å²) in [6.45, 7) is 0. The van der Waals surface area contributed by atoms with Crippen LogP contribution in [0.3, 0.4) is 0 Å². The Kier molecular flexibility index (Phi) is 1.96. The summed E-state index contributed by atoms with van der Waals surface area (Å²) in [7, 11) is 0. The smallest absolute Gasteiger partial charge is 0.131 e. The average Bonchev–Trinajstić information content (AvgIpc) is 2.20. The molecule has 1 heterocycles. The van der Waals surface area contributed by atoms with E-state index in [1.165, 1.54) is 0 Å². The summed E-state index contributed by atoms with van der Waals surface area (Å²) >= 11 is 0. The van der Waals surface area contributed by atoms with Crippen LogP contribution in [0.25, 0.3) is 11.1 Å². The van der Waals surface area contributed by atoms with Crippen LogP contribution >= 0.6 is 0 Å². The quantitative estimate of drug-likeness (QED) is 0.710. The number of aromatic nitrogens is 1. The second-order valence-corrected chi connectivity index (χ2v) is 2.72. The Morgan fingerprint density at radius 2 is 1.92 bits per heavy atom. The standard InChI is InChI=1S/C11H9N2/c12-11-10(7-4-8-13-11)9-5-2-1-3-6-9/h2-8H,(H2,12,13). The third-order valence-corrected chi connectivity index (χ3v) is 1.87. The molecule has 0 spiro atoms. The van der Waals surface area contributed by atoms with E-state index < -0.39 is 0 Å². The lowest BCUT2D eigenvalue weighted by atomic mass is 10.1. The number of rotatable bonds is 1. The number of nitrogens with zero attached hydrogens (tertiary/aromatic N) is 1. The Bertz CT molecular complexity index is 396. The molecule has 1 radical (unpaired) electrons. The van der Waals surface area contributed by atoms with E-state index in [-0.39, 0.29) is 0 Å². The fourth-order valence-electron chi connectivity index (χ4n) is 1.23. The van der Waals surface area contributed by atoms with E-state index in [1.54, 1.807) is 6.20 Å².